The maximum absolute atomic E-state index is 11.9. The number of esters is 1. The molecular formula is C26H23N5O2S. The number of methoxy groups -OCH3 is 1. The number of rotatable bonds is 6. The third-order valence-electron chi connectivity index (χ3n) is 5.91. The standard InChI is InChI=1S/C26H23N5O2S/c1-33-25(32)18-10-12-20(13-11-18)30-16-6-9-22(30)24-23(21-8-3-5-15-28-21)29-26(34)31(24)17-19-7-2-4-14-27-19/h2-16,23-24H,17H2,1H3,(H,29,34)/t23-,24+/m1/s1. The molecule has 1 saturated heterocycles. The molecule has 7 nitrogen and oxygen atoms in total. The van der Waals surface area contributed by atoms with Crippen LogP contribution in [0.4, 0.5) is 0 Å². The molecular weight excluding hydrogens is 446 g/mol. The van der Waals surface area contributed by atoms with Gasteiger partial charge in [-0.15, -0.1) is 0 Å². The first kappa shape index (κ1) is 21.8. The van der Waals surface area contributed by atoms with Crippen LogP contribution in [0.25, 0.3) is 5.69 Å². The average Bonchev–Trinajstić information content (AvgIpc) is 3.49. The maximum atomic E-state index is 11.9. The normalized spacial score (nSPS) is 17.4. The molecule has 1 fully saturated rings. The van der Waals surface area contributed by atoms with Crippen molar-refractivity contribution in [2.45, 2.75) is 18.6 Å². The van der Waals surface area contributed by atoms with Crippen LogP contribution in [0.5, 0.6) is 0 Å². The Morgan fingerprint density at radius 3 is 2.44 bits per heavy atom. The molecule has 1 aliphatic heterocycles. The van der Waals surface area contributed by atoms with Crippen LogP contribution in [-0.4, -0.2) is 37.6 Å². The molecule has 1 N–H and O–H groups in total. The van der Waals surface area contributed by atoms with E-state index in [1.165, 1.54) is 7.11 Å². The zero-order chi connectivity index (χ0) is 23.5. The van der Waals surface area contributed by atoms with Crippen molar-refractivity contribution in [1.29, 1.82) is 0 Å². The Morgan fingerprint density at radius 2 is 1.76 bits per heavy atom. The summed E-state index contributed by atoms with van der Waals surface area (Å²) < 4.78 is 6.94. The number of benzene rings is 1. The van der Waals surface area contributed by atoms with E-state index in [0.717, 1.165) is 22.8 Å². The number of nitrogens with zero attached hydrogens (tertiary/aromatic N) is 4. The first-order valence-corrected chi connectivity index (χ1v) is 11.3. The quantitative estimate of drug-likeness (QED) is 0.335. The highest BCUT2D eigenvalue weighted by molar-refractivity contribution is 7.80. The third-order valence-corrected chi connectivity index (χ3v) is 6.26. The maximum Gasteiger partial charge on any atom is 0.337 e. The van der Waals surface area contributed by atoms with Gasteiger partial charge < -0.3 is 19.5 Å². The van der Waals surface area contributed by atoms with Gasteiger partial charge in [-0.05, 0) is 72.9 Å². The zero-order valence-electron chi connectivity index (χ0n) is 18.5. The van der Waals surface area contributed by atoms with E-state index in [9.17, 15) is 4.79 Å². The van der Waals surface area contributed by atoms with E-state index in [-0.39, 0.29) is 18.1 Å². The third kappa shape index (κ3) is 4.15. The van der Waals surface area contributed by atoms with E-state index in [0.29, 0.717) is 17.2 Å². The Hall–Kier alpha value is -4.04. The first-order chi connectivity index (χ1) is 16.7. The van der Waals surface area contributed by atoms with Gasteiger partial charge in [0.25, 0.3) is 0 Å². The zero-order valence-corrected chi connectivity index (χ0v) is 19.4. The number of aromatic nitrogens is 3. The van der Waals surface area contributed by atoms with E-state index in [2.05, 4.69) is 30.8 Å². The highest BCUT2D eigenvalue weighted by Gasteiger charge is 2.41. The van der Waals surface area contributed by atoms with Crippen molar-refractivity contribution in [2.75, 3.05) is 7.11 Å². The molecule has 170 valence electrons. The van der Waals surface area contributed by atoms with Gasteiger partial charge in [-0.25, -0.2) is 4.79 Å². The predicted octanol–water partition coefficient (Wildman–Crippen LogP) is 4.23. The van der Waals surface area contributed by atoms with Crippen molar-refractivity contribution < 1.29 is 9.53 Å². The average molecular weight is 470 g/mol. The van der Waals surface area contributed by atoms with Gasteiger partial charge >= 0.3 is 5.97 Å². The molecule has 0 unspecified atom stereocenters. The van der Waals surface area contributed by atoms with Gasteiger partial charge in [0.05, 0.1) is 42.7 Å². The number of hydrogen-bond donors (Lipinski definition) is 1. The number of carbonyl (C=O) groups is 1. The minimum absolute atomic E-state index is 0.125. The van der Waals surface area contributed by atoms with Crippen LogP contribution in [0.1, 0.15) is 39.5 Å². The molecule has 5 rings (SSSR count). The Balaban J connectivity index is 1.56. The number of hydrogen-bond acceptors (Lipinski definition) is 5. The lowest BCUT2D eigenvalue weighted by Crippen LogP contribution is -2.30. The van der Waals surface area contributed by atoms with Crippen LogP contribution in [0.2, 0.25) is 0 Å². The first-order valence-electron chi connectivity index (χ1n) is 10.9. The second kappa shape index (κ2) is 9.44. The summed E-state index contributed by atoms with van der Waals surface area (Å²) in [6.07, 6.45) is 5.60. The lowest BCUT2D eigenvalue weighted by molar-refractivity contribution is 0.0600. The van der Waals surface area contributed by atoms with Crippen LogP contribution in [0.15, 0.2) is 91.4 Å². The Kier molecular flexibility index (Phi) is 6.05. The minimum atomic E-state index is -0.360. The Bertz CT molecular complexity index is 1290. The molecule has 8 heteroatoms. The number of thiocarbonyl (C=S) groups is 1. The van der Waals surface area contributed by atoms with E-state index in [1.54, 1.807) is 24.5 Å². The van der Waals surface area contributed by atoms with E-state index >= 15 is 0 Å². The minimum Gasteiger partial charge on any atom is -0.465 e. The van der Waals surface area contributed by atoms with Crippen molar-refractivity contribution in [3.8, 4) is 5.69 Å². The number of pyridine rings is 2. The van der Waals surface area contributed by atoms with Gasteiger partial charge in [0, 0.05) is 30.0 Å². The SMILES string of the molecule is COC(=O)c1ccc(-n2cccc2[C@H]2[C@@H](c3ccccn3)NC(=S)N2Cc2ccccn2)cc1. The molecule has 1 aromatic carbocycles. The van der Waals surface area contributed by atoms with Gasteiger partial charge in [-0.2, -0.15) is 0 Å². The topological polar surface area (TPSA) is 72.3 Å². The predicted molar refractivity (Wildman–Crippen MR) is 132 cm³/mol. The van der Waals surface area contributed by atoms with Crippen molar-refractivity contribution in [1.82, 2.24) is 24.8 Å². The smallest absolute Gasteiger partial charge is 0.337 e. The molecule has 0 aliphatic carbocycles. The largest absolute Gasteiger partial charge is 0.465 e. The molecule has 0 bridgehead atoms. The van der Waals surface area contributed by atoms with Crippen molar-refractivity contribution >= 4 is 23.3 Å². The summed E-state index contributed by atoms with van der Waals surface area (Å²) in [6, 6.07) is 23.0. The Morgan fingerprint density at radius 1 is 1.00 bits per heavy atom. The monoisotopic (exact) mass is 469 g/mol. The summed E-state index contributed by atoms with van der Waals surface area (Å²) in [6.45, 7) is 0.563. The van der Waals surface area contributed by atoms with Crippen molar-refractivity contribution in [3.05, 3.63) is 114 Å². The summed E-state index contributed by atoms with van der Waals surface area (Å²) in [4.78, 5) is 23.2. The van der Waals surface area contributed by atoms with E-state index < -0.39 is 0 Å². The molecule has 3 aromatic heterocycles. The lowest BCUT2D eigenvalue weighted by Gasteiger charge is -2.28. The summed E-state index contributed by atoms with van der Waals surface area (Å²) in [7, 11) is 1.38. The van der Waals surface area contributed by atoms with Gasteiger partial charge in [0.2, 0.25) is 0 Å². The fraction of sp³-hybridized carbons (Fsp3) is 0.154. The molecule has 2 atom stereocenters. The Labute approximate surface area is 203 Å². The highest BCUT2D eigenvalue weighted by atomic mass is 32.1. The molecule has 0 saturated carbocycles. The molecule has 0 spiro atoms. The second-order valence-electron chi connectivity index (χ2n) is 7.92. The summed E-state index contributed by atoms with van der Waals surface area (Å²) in [5, 5.41) is 4.13. The van der Waals surface area contributed by atoms with Crippen molar-refractivity contribution in [2.24, 2.45) is 0 Å². The second-order valence-corrected chi connectivity index (χ2v) is 8.30. The van der Waals surface area contributed by atoms with Crippen molar-refractivity contribution in [3.63, 3.8) is 0 Å². The highest BCUT2D eigenvalue weighted by Crippen LogP contribution is 2.40. The fourth-order valence-electron chi connectivity index (χ4n) is 4.31. The fourth-order valence-corrected chi connectivity index (χ4v) is 4.61. The van der Waals surface area contributed by atoms with Gasteiger partial charge in [0.1, 0.15) is 0 Å². The molecule has 4 heterocycles. The van der Waals surface area contributed by atoms with Crippen LogP contribution < -0.4 is 5.32 Å². The number of nitrogens with one attached hydrogen (secondary N) is 1. The molecule has 4 aromatic rings. The molecule has 0 amide bonds. The molecule has 1 aliphatic rings. The van der Waals surface area contributed by atoms with Crippen LogP contribution in [0.3, 0.4) is 0 Å². The van der Waals surface area contributed by atoms with Crippen LogP contribution >= 0.6 is 12.2 Å². The summed E-state index contributed by atoms with van der Waals surface area (Å²) >= 11 is 5.79. The van der Waals surface area contributed by atoms with Gasteiger partial charge in [0.15, 0.2) is 5.11 Å². The molecule has 34 heavy (non-hydrogen) atoms. The van der Waals surface area contributed by atoms with Gasteiger partial charge in [-0.3, -0.25) is 9.97 Å². The van der Waals surface area contributed by atoms with E-state index in [1.807, 2.05) is 60.8 Å². The molecule has 0 radical (unpaired) electrons. The summed E-state index contributed by atoms with van der Waals surface area (Å²) in [5.41, 5.74) is 4.32. The van der Waals surface area contributed by atoms with E-state index in [4.69, 9.17) is 17.0 Å². The summed E-state index contributed by atoms with van der Waals surface area (Å²) in [5.74, 6) is -0.360. The van der Waals surface area contributed by atoms with Gasteiger partial charge in [-0.1, -0.05) is 12.1 Å². The lowest BCUT2D eigenvalue weighted by atomic mass is 10.0. The van der Waals surface area contributed by atoms with Crippen LogP contribution in [0, 0.1) is 0 Å². The number of ether oxygens (including phenoxy) is 1. The van der Waals surface area contributed by atoms with Crippen LogP contribution in [-0.2, 0) is 11.3 Å². The number of carbonyl (C=O) groups excluding carboxylic acids is 1.